The number of carbonyl (C=O) groups is 2. The summed E-state index contributed by atoms with van der Waals surface area (Å²) in [6, 6.07) is 8.48. The van der Waals surface area contributed by atoms with E-state index in [4.69, 9.17) is 11.5 Å². The Morgan fingerprint density at radius 3 is 2.07 bits per heavy atom. The molecule has 2 aromatic heterocycles. The first-order valence-corrected chi connectivity index (χ1v) is 9.60. The summed E-state index contributed by atoms with van der Waals surface area (Å²) in [5.74, 6) is -1.05. The van der Waals surface area contributed by atoms with Gasteiger partial charge in [0.25, 0.3) is 17.5 Å². The van der Waals surface area contributed by atoms with E-state index in [9.17, 15) is 19.7 Å². The van der Waals surface area contributed by atoms with Gasteiger partial charge in [0.15, 0.2) is 0 Å². The molecule has 0 spiro atoms. The van der Waals surface area contributed by atoms with Crippen molar-refractivity contribution >= 4 is 71.2 Å². The standard InChI is InChI=1S/C9H6BrN3O3.C9H7BrN2O/c10-5-2-1-4(9(11)14)8-7(5)6(3-12-8)13(15)16;10-7-2-1-6(9(11)13)8-5(7)3-4-12-8/h1-3,12H,(H2,11,14);1-4,12H,(H2,11,13). The third-order valence-electron chi connectivity index (χ3n) is 4.16. The number of amides is 2. The summed E-state index contributed by atoms with van der Waals surface area (Å²) < 4.78 is 1.49. The van der Waals surface area contributed by atoms with Crippen molar-refractivity contribution in [3.05, 3.63) is 72.9 Å². The van der Waals surface area contributed by atoms with Gasteiger partial charge in [-0.3, -0.25) is 19.7 Å². The van der Waals surface area contributed by atoms with Crippen LogP contribution < -0.4 is 11.5 Å². The number of hydrogen-bond acceptors (Lipinski definition) is 4. The smallest absolute Gasteiger partial charge is 0.295 e. The van der Waals surface area contributed by atoms with Crippen molar-refractivity contribution < 1.29 is 14.5 Å². The van der Waals surface area contributed by atoms with Crippen LogP contribution in [0.2, 0.25) is 0 Å². The summed E-state index contributed by atoms with van der Waals surface area (Å²) >= 11 is 6.59. The molecule has 4 rings (SSSR count). The molecule has 0 aliphatic rings. The Labute approximate surface area is 179 Å². The second kappa shape index (κ2) is 8.05. The quantitative estimate of drug-likeness (QED) is 0.236. The van der Waals surface area contributed by atoms with E-state index >= 15 is 0 Å². The van der Waals surface area contributed by atoms with Gasteiger partial charge in [-0.1, -0.05) is 15.9 Å². The Bertz CT molecular complexity index is 1280. The highest BCUT2D eigenvalue weighted by atomic mass is 79.9. The van der Waals surface area contributed by atoms with Crippen LogP contribution in [0.25, 0.3) is 21.8 Å². The van der Waals surface area contributed by atoms with E-state index < -0.39 is 16.7 Å². The molecule has 0 radical (unpaired) electrons. The van der Waals surface area contributed by atoms with Gasteiger partial charge in [-0.15, -0.1) is 0 Å². The minimum absolute atomic E-state index is 0.0926. The molecule has 0 unspecified atom stereocenters. The summed E-state index contributed by atoms with van der Waals surface area (Å²) in [5.41, 5.74) is 12.2. The maximum Gasteiger partial charge on any atom is 0.295 e. The molecule has 0 saturated heterocycles. The summed E-state index contributed by atoms with van der Waals surface area (Å²) in [6.07, 6.45) is 3.02. The zero-order chi connectivity index (χ0) is 21.3. The van der Waals surface area contributed by atoms with Crippen LogP contribution in [0.5, 0.6) is 0 Å². The van der Waals surface area contributed by atoms with Crippen LogP contribution in [-0.4, -0.2) is 26.7 Å². The fourth-order valence-electron chi connectivity index (χ4n) is 2.87. The van der Waals surface area contributed by atoms with Gasteiger partial charge < -0.3 is 21.4 Å². The average molecular weight is 523 g/mol. The normalized spacial score (nSPS) is 10.6. The average Bonchev–Trinajstić information content (AvgIpc) is 3.30. The van der Waals surface area contributed by atoms with Crippen molar-refractivity contribution in [3.8, 4) is 0 Å². The maximum absolute atomic E-state index is 11.1. The number of aromatic amines is 2. The van der Waals surface area contributed by atoms with Gasteiger partial charge in [0.2, 0.25) is 0 Å². The summed E-state index contributed by atoms with van der Waals surface area (Å²) in [7, 11) is 0. The number of nitrogens with one attached hydrogen (secondary N) is 2. The number of halogens is 2. The predicted octanol–water partition coefficient (Wildman–Crippen LogP) is 3.97. The molecule has 0 bridgehead atoms. The molecule has 6 N–H and O–H groups in total. The van der Waals surface area contributed by atoms with Crippen molar-refractivity contribution in [2.24, 2.45) is 11.5 Å². The molecule has 11 heteroatoms. The fourth-order valence-corrected chi connectivity index (χ4v) is 3.86. The number of rotatable bonds is 3. The second-order valence-corrected chi connectivity index (χ2v) is 7.57. The summed E-state index contributed by atoms with van der Waals surface area (Å²) in [4.78, 5) is 38.0. The number of hydrogen-bond donors (Lipinski definition) is 4. The Morgan fingerprint density at radius 1 is 0.897 bits per heavy atom. The van der Waals surface area contributed by atoms with Crippen LogP contribution in [0, 0.1) is 10.1 Å². The lowest BCUT2D eigenvalue weighted by molar-refractivity contribution is -0.383. The van der Waals surface area contributed by atoms with Crippen molar-refractivity contribution in [3.63, 3.8) is 0 Å². The van der Waals surface area contributed by atoms with E-state index in [1.54, 1.807) is 18.3 Å². The molecule has 2 heterocycles. The number of nitrogens with two attached hydrogens (primary N) is 2. The predicted molar refractivity (Wildman–Crippen MR) is 116 cm³/mol. The van der Waals surface area contributed by atoms with E-state index in [2.05, 4.69) is 41.8 Å². The molecule has 2 amide bonds. The molecular formula is C18H13Br2N5O4. The lowest BCUT2D eigenvalue weighted by Gasteiger charge is -1.99. The van der Waals surface area contributed by atoms with Crippen molar-refractivity contribution in [2.75, 3.05) is 0 Å². The molecule has 0 aliphatic carbocycles. The van der Waals surface area contributed by atoms with E-state index in [-0.39, 0.29) is 11.3 Å². The Kier molecular flexibility index (Phi) is 5.71. The topological polar surface area (TPSA) is 161 Å². The molecule has 4 aromatic rings. The lowest BCUT2D eigenvalue weighted by Crippen LogP contribution is -2.11. The Morgan fingerprint density at radius 2 is 1.48 bits per heavy atom. The molecule has 0 aliphatic heterocycles. The summed E-state index contributed by atoms with van der Waals surface area (Å²) in [6.45, 7) is 0. The molecule has 29 heavy (non-hydrogen) atoms. The number of primary amides is 2. The first kappa shape index (κ1) is 20.6. The molecule has 0 saturated carbocycles. The number of aromatic nitrogens is 2. The van der Waals surface area contributed by atoms with Crippen molar-refractivity contribution in [1.29, 1.82) is 0 Å². The van der Waals surface area contributed by atoms with E-state index in [1.807, 2.05) is 12.1 Å². The molecule has 148 valence electrons. The van der Waals surface area contributed by atoms with Gasteiger partial charge in [0, 0.05) is 20.5 Å². The second-order valence-electron chi connectivity index (χ2n) is 5.87. The monoisotopic (exact) mass is 521 g/mol. The number of fused-ring (bicyclic) bond motifs is 2. The zero-order valence-corrected chi connectivity index (χ0v) is 17.7. The van der Waals surface area contributed by atoms with Crippen molar-refractivity contribution in [1.82, 2.24) is 9.97 Å². The zero-order valence-electron chi connectivity index (χ0n) is 14.5. The maximum atomic E-state index is 11.1. The van der Waals surface area contributed by atoms with Crippen LogP contribution >= 0.6 is 31.9 Å². The highest BCUT2D eigenvalue weighted by Gasteiger charge is 2.20. The van der Waals surface area contributed by atoms with Crippen LogP contribution in [0.15, 0.2) is 51.7 Å². The molecular weight excluding hydrogens is 510 g/mol. The first-order chi connectivity index (χ1) is 13.7. The van der Waals surface area contributed by atoms with Gasteiger partial charge in [-0.25, -0.2) is 0 Å². The molecule has 0 fully saturated rings. The Hall–Kier alpha value is -3.18. The Balaban J connectivity index is 0.000000169. The lowest BCUT2D eigenvalue weighted by atomic mass is 10.1. The van der Waals surface area contributed by atoms with Crippen LogP contribution in [0.3, 0.4) is 0 Å². The van der Waals surface area contributed by atoms with Crippen molar-refractivity contribution in [2.45, 2.75) is 0 Å². The first-order valence-electron chi connectivity index (χ1n) is 8.01. The number of H-pyrrole nitrogens is 2. The summed E-state index contributed by atoms with van der Waals surface area (Å²) in [5, 5.41) is 12.1. The minimum Gasteiger partial charge on any atom is -0.366 e. The van der Waals surface area contributed by atoms with E-state index in [0.29, 0.717) is 20.9 Å². The number of carbonyl (C=O) groups excluding carboxylic acids is 2. The molecule has 2 aromatic carbocycles. The SMILES string of the molecule is NC(=O)c1ccc(Br)c2c([N+](=O)[O-])c[nH]c12.NC(=O)c1ccc(Br)c2cc[nH]c12. The fraction of sp³-hybridized carbons (Fsp3) is 0. The van der Waals surface area contributed by atoms with Crippen LogP contribution in [0.1, 0.15) is 20.7 Å². The van der Waals surface area contributed by atoms with Crippen LogP contribution in [0.4, 0.5) is 5.69 Å². The third-order valence-corrected chi connectivity index (χ3v) is 5.51. The number of nitrogens with zero attached hydrogens (tertiary/aromatic N) is 1. The largest absolute Gasteiger partial charge is 0.366 e. The third kappa shape index (κ3) is 3.87. The molecule has 0 atom stereocenters. The highest BCUT2D eigenvalue weighted by Crippen LogP contribution is 2.33. The molecule has 9 nitrogen and oxygen atoms in total. The van der Waals surface area contributed by atoms with Gasteiger partial charge >= 0.3 is 0 Å². The number of benzene rings is 2. The van der Waals surface area contributed by atoms with Gasteiger partial charge in [0.1, 0.15) is 0 Å². The van der Waals surface area contributed by atoms with E-state index in [0.717, 1.165) is 15.4 Å². The number of nitro groups is 1. The van der Waals surface area contributed by atoms with Gasteiger partial charge in [-0.2, -0.15) is 0 Å². The minimum atomic E-state index is -0.630. The van der Waals surface area contributed by atoms with E-state index in [1.165, 1.54) is 12.3 Å². The van der Waals surface area contributed by atoms with Crippen LogP contribution in [-0.2, 0) is 0 Å². The van der Waals surface area contributed by atoms with Gasteiger partial charge in [-0.05, 0) is 46.3 Å². The highest BCUT2D eigenvalue weighted by molar-refractivity contribution is 9.11. The van der Waals surface area contributed by atoms with Gasteiger partial charge in [0.05, 0.1) is 38.7 Å².